The van der Waals surface area contributed by atoms with Gasteiger partial charge in [-0.05, 0) is 25.9 Å². The summed E-state index contributed by atoms with van der Waals surface area (Å²) in [6, 6.07) is 0. The zero-order valence-electron chi connectivity index (χ0n) is 9.44. The zero-order valence-corrected chi connectivity index (χ0v) is 10.3. The number of hydrogen-bond donors (Lipinski definition) is 4. The van der Waals surface area contributed by atoms with Gasteiger partial charge in [0.15, 0.2) is 0 Å². The van der Waals surface area contributed by atoms with Crippen LogP contribution in [0.4, 0.5) is 0 Å². The van der Waals surface area contributed by atoms with Gasteiger partial charge in [0.05, 0.1) is 0 Å². The Kier molecular flexibility index (Phi) is 19.1. The molecule has 0 unspecified atom stereocenters. The molecule has 0 aliphatic heterocycles. The quantitative estimate of drug-likeness (QED) is 0.399. The Labute approximate surface area is 91.3 Å². The van der Waals surface area contributed by atoms with Gasteiger partial charge >= 0.3 is 7.82 Å². The van der Waals surface area contributed by atoms with Crippen LogP contribution in [-0.4, -0.2) is 33.2 Å². The molecule has 0 spiro atoms. The Balaban J connectivity index is -0.000000208. The molecular formula is C8H24NO5P. The number of rotatable bonds is 6. The monoisotopic (exact) mass is 245 g/mol. The SMILES string of the molecule is CCCCNCCCC.O.O=P(O)(O)O. The van der Waals surface area contributed by atoms with Crippen LogP contribution in [0.25, 0.3) is 0 Å². The second-order valence-electron chi connectivity index (χ2n) is 2.97. The first-order valence-corrected chi connectivity index (χ1v) is 6.47. The first-order chi connectivity index (χ1) is 6.41. The van der Waals surface area contributed by atoms with E-state index < -0.39 is 7.82 Å². The Morgan fingerprint density at radius 2 is 1.27 bits per heavy atom. The van der Waals surface area contributed by atoms with Crippen molar-refractivity contribution in [3.8, 4) is 0 Å². The molecular weight excluding hydrogens is 221 g/mol. The van der Waals surface area contributed by atoms with E-state index in [4.69, 9.17) is 19.2 Å². The average Bonchev–Trinajstić information content (AvgIpc) is 2.01. The fraction of sp³-hybridized carbons (Fsp3) is 1.00. The maximum Gasteiger partial charge on any atom is 0.466 e. The molecule has 0 atom stereocenters. The summed E-state index contributed by atoms with van der Waals surface area (Å²) in [5, 5.41) is 3.39. The molecule has 0 radical (unpaired) electrons. The molecule has 0 rings (SSSR count). The highest BCUT2D eigenvalue weighted by Gasteiger charge is 2.00. The summed E-state index contributed by atoms with van der Waals surface area (Å²) in [4.78, 5) is 21.6. The summed E-state index contributed by atoms with van der Waals surface area (Å²) in [5.74, 6) is 0. The maximum atomic E-state index is 8.88. The van der Waals surface area contributed by atoms with Crippen molar-refractivity contribution >= 4 is 7.82 Å². The van der Waals surface area contributed by atoms with Crippen LogP contribution in [0.3, 0.4) is 0 Å². The van der Waals surface area contributed by atoms with Gasteiger partial charge in [-0.1, -0.05) is 26.7 Å². The lowest BCUT2D eigenvalue weighted by atomic mass is 10.3. The number of unbranched alkanes of at least 4 members (excludes halogenated alkanes) is 2. The molecule has 15 heavy (non-hydrogen) atoms. The molecule has 96 valence electrons. The lowest BCUT2D eigenvalue weighted by molar-refractivity contribution is 0.275. The van der Waals surface area contributed by atoms with E-state index in [1.165, 1.54) is 38.8 Å². The molecule has 0 aliphatic rings. The Hall–Kier alpha value is 0.0300. The highest BCUT2D eigenvalue weighted by Crippen LogP contribution is 2.25. The number of nitrogens with one attached hydrogen (secondary N) is 1. The van der Waals surface area contributed by atoms with E-state index >= 15 is 0 Å². The third-order valence-electron chi connectivity index (χ3n) is 1.41. The average molecular weight is 245 g/mol. The lowest BCUT2D eigenvalue weighted by Gasteiger charge is -1.99. The Morgan fingerprint density at radius 3 is 1.47 bits per heavy atom. The predicted octanol–water partition coefficient (Wildman–Crippen LogP) is 0.423. The molecule has 0 aromatic carbocycles. The van der Waals surface area contributed by atoms with Gasteiger partial charge in [-0.25, -0.2) is 4.57 Å². The van der Waals surface area contributed by atoms with Crippen molar-refractivity contribution in [2.24, 2.45) is 0 Å². The van der Waals surface area contributed by atoms with Gasteiger partial charge in [-0.3, -0.25) is 0 Å². The number of phosphoric acid groups is 1. The van der Waals surface area contributed by atoms with Crippen molar-refractivity contribution < 1.29 is 24.7 Å². The lowest BCUT2D eigenvalue weighted by Crippen LogP contribution is -2.15. The summed E-state index contributed by atoms with van der Waals surface area (Å²) in [5.41, 5.74) is 0. The van der Waals surface area contributed by atoms with Gasteiger partial charge in [-0.2, -0.15) is 0 Å². The van der Waals surface area contributed by atoms with E-state index in [-0.39, 0.29) is 5.48 Å². The van der Waals surface area contributed by atoms with Crippen molar-refractivity contribution in [3.05, 3.63) is 0 Å². The predicted molar refractivity (Wildman–Crippen MR) is 60.6 cm³/mol. The molecule has 0 saturated heterocycles. The molecule has 0 saturated carbocycles. The molecule has 0 fully saturated rings. The first-order valence-electron chi connectivity index (χ1n) is 4.90. The first kappa shape index (κ1) is 20.4. The topological polar surface area (TPSA) is 121 Å². The standard InChI is InChI=1S/C8H19N.H3O4P.H2O/c1-3-5-7-9-8-6-4-2;1-5(2,3)4;/h9H,3-8H2,1-2H3;(H3,1,2,3,4);1H2. The molecule has 7 heteroatoms. The van der Waals surface area contributed by atoms with Crippen molar-refractivity contribution in [1.82, 2.24) is 5.32 Å². The summed E-state index contributed by atoms with van der Waals surface area (Å²) in [6.07, 6.45) is 5.26. The van der Waals surface area contributed by atoms with Gasteiger partial charge in [0.2, 0.25) is 0 Å². The minimum Gasteiger partial charge on any atom is -0.412 e. The summed E-state index contributed by atoms with van der Waals surface area (Å²) in [6.45, 7) is 6.86. The number of hydrogen-bond acceptors (Lipinski definition) is 2. The summed E-state index contributed by atoms with van der Waals surface area (Å²) >= 11 is 0. The normalized spacial score (nSPS) is 9.93. The van der Waals surface area contributed by atoms with Crippen LogP contribution in [-0.2, 0) is 4.57 Å². The maximum absolute atomic E-state index is 8.88. The van der Waals surface area contributed by atoms with E-state index in [9.17, 15) is 0 Å². The van der Waals surface area contributed by atoms with Crippen LogP contribution in [0.5, 0.6) is 0 Å². The second-order valence-corrected chi connectivity index (χ2v) is 4.00. The van der Waals surface area contributed by atoms with Gasteiger partial charge in [0.25, 0.3) is 0 Å². The van der Waals surface area contributed by atoms with Crippen molar-refractivity contribution in [1.29, 1.82) is 0 Å². The third-order valence-corrected chi connectivity index (χ3v) is 1.41. The van der Waals surface area contributed by atoms with E-state index in [0.29, 0.717) is 0 Å². The minimum absolute atomic E-state index is 0. The van der Waals surface area contributed by atoms with Crippen LogP contribution < -0.4 is 5.32 Å². The van der Waals surface area contributed by atoms with E-state index in [1.54, 1.807) is 0 Å². The third kappa shape index (κ3) is 55.8. The van der Waals surface area contributed by atoms with Crippen LogP contribution in [0, 0.1) is 0 Å². The molecule has 0 aliphatic carbocycles. The molecule has 0 bridgehead atoms. The van der Waals surface area contributed by atoms with Crippen molar-refractivity contribution in [3.63, 3.8) is 0 Å². The highest BCUT2D eigenvalue weighted by atomic mass is 31.2. The summed E-state index contributed by atoms with van der Waals surface area (Å²) in [7, 11) is -4.64. The van der Waals surface area contributed by atoms with Crippen molar-refractivity contribution in [2.45, 2.75) is 39.5 Å². The van der Waals surface area contributed by atoms with Gasteiger partial charge in [-0.15, -0.1) is 0 Å². The van der Waals surface area contributed by atoms with Gasteiger partial charge in [0.1, 0.15) is 0 Å². The van der Waals surface area contributed by atoms with E-state index in [1.807, 2.05) is 0 Å². The smallest absolute Gasteiger partial charge is 0.412 e. The fourth-order valence-electron chi connectivity index (χ4n) is 0.729. The van der Waals surface area contributed by atoms with Crippen LogP contribution in [0.15, 0.2) is 0 Å². The van der Waals surface area contributed by atoms with Gasteiger partial charge in [0, 0.05) is 0 Å². The zero-order chi connectivity index (χ0) is 11.4. The molecule has 6 nitrogen and oxygen atoms in total. The molecule has 0 amide bonds. The van der Waals surface area contributed by atoms with Crippen LogP contribution >= 0.6 is 7.82 Å². The molecule has 0 aromatic heterocycles. The largest absolute Gasteiger partial charge is 0.466 e. The molecule has 6 N–H and O–H groups in total. The molecule has 0 aromatic rings. The van der Waals surface area contributed by atoms with Crippen molar-refractivity contribution in [2.75, 3.05) is 13.1 Å². The van der Waals surface area contributed by atoms with Crippen LogP contribution in [0.2, 0.25) is 0 Å². The highest BCUT2D eigenvalue weighted by molar-refractivity contribution is 7.45. The molecule has 0 heterocycles. The van der Waals surface area contributed by atoms with E-state index in [2.05, 4.69) is 19.2 Å². The Morgan fingerprint density at radius 1 is 1.00 bits per heavy atom. The Bertz CT molecular complexity index is 136. The fourth-order valence-corrected chi connectivity index (χ4v) is 0.729. The minimum atomic E-state index is -4.64. The van der Waals surface area contributed by atoms with Gasteiger partial charge < -0.3 is 25.5 Å². The van der Waals surface area contributed by atoms with E-state index in [0.717, 1.165) is 0 Å². The summed E-state index contributed by atoms with van der Waals surface area (Å²) < 4.78 is 8.88. The second kappa shape index (κ2) is 14.0. The van der Waals surface area contributed by atoms with Crippen LogP contribution in [0.1, 0.15) is 39.5 Å².